The maximum absolute atomic E-state index is 12.2. The first kappa shape index (κ1) is 13.7. The van der Waals surface area contributed by atoms with Gasteiger partial charge in [-0.25, -0.2) is 0 Å². The van der Waals surface area contributed by atoms with Crippen molar-refractivity contribution in [2.24, 2.45) is 0 Å². The van der Waals surface area contributed by atoms with E-state index in [0.717, 1.165) is 5.56 Å². The number of allylic oxidation sites excluding steroid dienone is 1. The fraction of sp³-hybridized carbons (Fsp3) is 0.133. The molecule has 1 aromatic carbocycles. The van der Waals surface area contributed by atoms with E-state index in [2.05, 4.69) is 10.2 Å². The monoisotopic (exact) mass is 270 g/mol. The Bertz CT molecular complexity index is 624. The van der Waals surface area contributed by atoms with Crippen molar-refractivity contribution < 1.29 is 14.3 Å². The molecule has 0 N–H and O–H groups in total. The van der Waals surface area contributed by atoms with Crippen LogP contribution in [0.4, 0.5) is 0 Å². The lowest BCUT2D eigenvalue weighted by molar-refractivity contribution is 0.104. The molecule has 5 heteroatoms. The highest BCUT2D eigenvalue weighted by Gasteiger charge is 2.13. The van der Waals surface area contributed by atoms with Gasteiger partial charge in [-0.05, 0) is 11.6 Å². The molecule has 0 bridgehead atoms. The van der Waals surface area contributed by atoms with Crippen molar-refractivity contribution in [2.75, 3.05) is 14.2 Å². The van der Waals surface area contributed by atoms with Gasteiger partial charge in [0, 0.05) is 6.07 Å². The summed E-state index contributed by atoms with van der Waals surface area (Å²) in [5.41, 5.74) is 1.25. The van der Waals surface area contributed by atoms with Gasteiger partial charge in [0.25, 0.3) is 0 Å². The van der Waals surface area contributed by atoms with Crippen molar-refractivity contribution in [3.05, 3.63) is 53.6 Å². The summed E-state index contributed by atoms with van der Waals surface area (Å²) in [6.45, 7) is 0. The van der Waals surface area contributed by atoms with Gasteiger partial charge in [0.05, 0.1) is 19.8 Å². The number of ether oxygens (including phenoxy) is 2. The Morgan fingerprint density at radius 2 is 1.85 bits per heavy atom. The molecular weight excluding hydrogens is 256 g/mol. The van der Waals surface area contributed by atoms with E-state index >= 15 is 0 Å². The van der Waals surface area contributed by atoms with Crippen LogP contribution in [0, 0.1) is 0 Å². The number of rotatable bonds is 5. The van der Waals surface area contributed by atoms with Gasteiger partial charge in [0.2, 0.25) is 11.8 Å². The Morgan fingerprint density at radius 1 is 1.10 bits per heavy atom. The van der Waals surface area contributed by atoms with E-state index in [1.165, 1.54) is 26.4 Å². The fourth-order valence-electron chi connectivity index (χ4n) is 1.62. The molecule has 0 saturated carbocycles. The summed E-state index contributed by atoms with van der Waals surface area (Å²) < 4.78 is 10.00. The Kier molecular flexibility index (Phi) is 4.44. The fourth-order valence-corrected chi connectivity index (χ4v) is 1.62. The number of carbonyl (C=O) groups excluding carboxylic acids is 1. The normalized spacial score (nSPS) is 10.5. The number of nitrogens with zero attached hydrogens (tertiary/aromatic N) is 2. The van der Waals surface area contributed by atoms with Crippen molar-refractivity contribution in [2.45, 2.75) is 0 Å². The van der Waals surface area contributed by atoms with Gasteiger partial charge in [-0.2, -0.15) is 0 Å². The van der Waals surface area contributed by atoms with Gasteiger partial charge in [0.1, 0.15) is 0 Å². The summed E-state index contributed by atoms with van der Waals surface area (Å²) in [5.74, 6) is 0.217. The lowest BCUT2D eigenvalue weighted by Gasteiger charge is -2.05. The first-order valence-electron chi connectivity index (χ1n) is 5.97. The third kappa shape index (κ3) is 3.20. The van der Waals surface area contributed by atoms with Crippen LogP contribution < -0.4 is 9.47 Å². The van der Waals surface area contributed by atoms with Crippen LogP contribution in [0.15, 0.2) is 42.5 Å². The maximum atomic E-state index is 12.2. The summed E-state index contributed by atoms with van der Waals surface area (Å²) in [5, 5.41) is 7.55. The zero-order valence-corrected chi connectivity index (χ0v) is 11.2. The Hall–Kier alpha value is -2.69. The minimum atomic E-state index is -0.223. The van der Waals surface area contributed by atoms with Crippen LogP contribution in [0.1, 0.15) is 15.9 Å². The number of hydrogen-bond donors (Lipinski definition) is 0. The standard InChI is InChI=1S/C15H14N2O3/c1-19-14-10-12(15(20-2)17-16-14)13(18)9-8-11-6-4-3-5-7-11/h3-10H,1-2H3/b9-8+. The molecule has 0 radical (unpaired) electrons. The van der Waals surface area contributed by atoms with E-state index in [-0.39, 0.29) is 17.5 Å². The predicted molar refractivity (Wildman–Crippen MR) is 74.9 cm³/mol. The molecule has 102 valence electrons. The van der Waals surface area contributed by atoms with Crippen LogP contribution >= 0.6 is 0 Å². The molecule has 0 unspecified atom stereocenters. The van der Waals surface area contributed by atoms with Crippen molar-refractivity contribution in [1.29, 1.82) is 0 Å². The average molecular weight is 270 g/mol. The Labute approximate surface area is 116 Å². The molecule has 1 heterocycles. The third-order valence-corrected chi connectivity index (χ3v) is 2.63. The Morgan fingerprint density at radius 3 is 2.50 bits per heavy atom. The second-order valence-electron chi connectivity index (χ2n) is 3.92. The molecule has 0 aliphatic heterocycles. The van der Waals surface area contributed by atoms with E-state index < -0.39 is 0 Å². The minimum Gasteiger partial charge on any atom is -0.480 e. The molecule has 0 aliphatic rings. The zero-order chi connectivity index (χ0) is 14.4. The highest BCUT2D eigenvalue weighted by Crippen LogP contribution is 2.19. The second kappa shape index (κ2) is 6.47. The molecule has 20 heavy (non-hydrogen) atoms. The number of benzene rings is 1. The molecule has 1 aromatic heterocycles. The molecular formula is C15H14N2O3. The molecule has 0 saturated heterocycles. The summed E-state index contributed by atoms with van der Waals surface area (Å²) in [6, 6.07) is 11.0. The number of aromatic nitrogens is 2. The van der Waals surface area contributed by atoms with Crippen LogP contribution in [0.5, 0.6) is 11.8 Å². The van der Waals surface area contributed by atoms with Crippen molar-refractivity contribution >= 4 is 11.9 Å². The first-order chi connectivity index (χ1) is 9.74. The van der Waals surface area contributed by atoms with Crippen molar-refractivity contribution in [1.82, 2.24) is 10.2 Å². The number of ketones is 1. The molecule has 0 fully saturated rings. The number of carbonyl (C=O) groups is 1. The molecule has 5 nitrogen and oxygen atoms in total. The molecule has 0 spiro atoms. The second-order valence-corrected chi connectivity index (χ2v) is 3.92. The number of methoxy groups -OCH3 is 2. The van der Waals surface area contributed by atoms with Gasteiger partial charge in [-0.3, -0.25) is 4.79 Å². The molecule has 0 aliphatic carbocycles. The van der Waals surface area contributed by atoms with Crippen molar-refractivity contribution in [3.8, 4) is 11.8 Å². The smallest absolute Gasteiger partial charge is 0.244 e. The highest BCUT2D eigenvalue weighted by molar-refractivity contribution is 6.08. The van der Waals surface area contributed by atoms with Crippen LogP contribution in [0.3, 0.4) is 0 Å². The van der Waals surface area contributed by atoms with Crippen LogP contribution in [0.25, 0.3) is 6.08 Å². The minimum absolute atomic E-state index is 0.175. The van der Waals surface area contributed by atoms with Gasteiger partial charge < -0.3 is 9.47 Å². The lowest BCUT2D eigenvalue weighted by Crippen LogP contribution is -2.04. The predicted octanol–water partition coefficient (Wildman–Crippen LogP) is 2.39. The number of hydrogen-bond acceptors (Lipinski definition) is 5. The lowest BCUT2D eigenvalue weighted by atomic mass is 10.1. The van der Waals surface area contributed by atoms with E-state index in [4.69, 9.17) is 9.47 Å². The maximum Gasteiger partial charge on any atom is 0.244 e. The summed E-state index contributed by atoms with van der Waals surface area (Å²) in [6.07, 6.45) is 3.20. The molecule has 2 aromatic rings. The van der Waals surface area contributed by atoms with Gasteiger partial charge in [-0.1, -0.05) is 36.4 Å². The molecule has 2 rings (SSSR count). The van der Waals surface area contributed by atoms with Gasteiger partial charge >= 0.3 is 0 Å². The zero-order valence-electron chi connectivity index (χ0n) is 11.2. The van der Waals surface area contributed by atoms with E-state index in [1.54, 1.807) is 6.08 Å². The summed E-state index contributed by atoms with van der Waals surface area (Å²) in [4.78, 5) is 12.2. The van der Waals surface area contributed by atoms with E-state index in [1.807, 2.05) is 30.3 Å². The largest absolute Gasteiger partial charge is 0.480 e. The van der Waals surface area contributed by atoms with E-state index in [9.17, 15) is 4.79 Å². The highest BCUT2D eigenvalue weighted by atomic mass is 16.5. The SMILES string of the molecule is COc1cc(C(=O)/C=C/c2ccccc2)c(OC)nn1. The summed E-state index contributed by atoms with van der Waals surface area (Å²) >= 11 is 0. The molecule has 0 amide bonds. The van der Waals surface area contributed by atoms with Crippen molar-refractivity contribution in [3.63, 3.8) is 0 Å². The van der Waals surface area contributed by atoms with Crippen LogP contribution in [-0.2, 0) is 0 Å². The topological polar surface area (TPSA) is 61.3 Å². The van der Waals surface area contributed by atoms with Crippen LogP contribution in [0.2, 0.25) is 0 Å². The first-order valence-corrected chi connectivity index (χ1v) is 5.97. The third-order valence-electron chi connectivity index (χ3n) is 2.63. The van der Waals surface area contributed by atoms with Crippen LogP contribution in [-0.4, -0.2) is 30.2 Å². The van der Waals surface area contributed by atoms with E-state index in [0.29, 0.717) is 5.56 Å². The Balaban J connectivity index is 2.26. The quantitative estimate of drug-likeness (QED) is 0.616. The molecule has 0 atom stereocenters. The summed E-state index contributed by atoms with van der Waals surface area (Å²) in [7, 11) is 2.90. The van der Waals surface area contributed by atoms with Gasteiger partial charge in [-0.15, -0.1) is 10.2 Å². The van der Waals surface area contributed by atoms with Gasteiger partial charge in [0.15, 0.2) is 5.78 Å². The average Bonchev–Trinajstić information content (AvgIpc) is 2.52.